The van der Waals surface area contributed by atoms with E-state index < -0.39 is 0 Å². The van der Waals surface area contributed by atoms with Gasteiger partial charge in [0, 0.05) is 83.0 Å². The number of hydrogen-bond acceptors (Lipinski definition) is 8. The highest BCUT2D eigenvalue weighted by Gasteiger charge is 2.18. The van der Waals surface area contributed by atoms with E-state index in [1.807, 2.05) is 73.6 Å². The quantitative estimate of drug-likeness (QED) is 0.189. The van der Waals surface area contributed by atoms with E-state index in [9.17, 15) is 0 Å². The van der Waals surface area contributed by atoms with Gasteiger partial charge in [-0.3, -0.25) is 19.9 Å². The molecule has 0 saturated carbocycles. The maximum Gasteiger partial charge on any atom is 0.126 e. The fourth-order valence-corrected chi connectivity index (χ4v) is 7.36. The summed E-state index contributed by atoms with van der Waals surface area (Å²) in [6, 6.07) is 28.9. The van der Waals surface area contributed by atoms with E-state index in [1.165, 1.54) is 10.8 Å². The van der Waals surface area contributed by atoms with Gasteiger partial charge < -0.3 is 0 Å². The second-order valence-corrected chi connectivity index (χ2v) is 12.1. The molecule has 0 aliphatic carbocycles. The van der Waals surface area contributed by atoms with Crippen molar-refractivity contribution >= 4 is 33.4 Å². The van der Waals surface area contributed by atoms with Gasteiger partial charge in [-0.15, -0.1) is 22.7 Å². The van der Waals surface area contributed by atoms with Gasteiger partial charge >= 0.3 is 0 Å². The van der Waals surface area contributed by atoms with Gasteiger partial charge in [0.1, 0.15) is 10.0 Å². The van der Waals surface area contributed by atoms with E-state index in [0.717, 1.165) is 64.5 Å². The number of hydrogen-bond donors (Lipinski definition) is 0. The van der Waals surface area contributed by atoms with Crippen LogP contribution in [-0.4, -0.2) is 29.9 Å². The smallest absolute Gasteiger partial charge is 0.126 e. The van der Waals surface area contributed by atoms with E-state index in [-0.39, 0.29) is 0 Å². The van der Waals surface area contributed by atoms with E-state index in [4.69, 9.17) is 9.97 Å². The molecule has 8 heteroatoms. The van der Waals surface area contributed by atoms with Crippen LogP contribution in [0.25, 0.3) is 75.3 Å². The summed E-state index contributed by atoms with van der Waals surface area (Å²) in [7, 11) is 0. The highest BCUT2D eigenvalue weighted by molar-refractivity contribution is 7.19. The van der Waals surface area contributed by atoms with Crippen molar-refractivity contribution in [2.24, 2.45) is 0 Å². The minimum atomic E-state index is 0.878. The summed E-state index contributed by atoms with van der Waals surface area (Å²) in [4.78, 5) is 29.8. The number of pyridine rings is 4. The zero-order valence-corrected chi connectivity index (χ0v) is 24.8. The lowest BCUT2D eigenvalue weighted by atomic mass is 9.98. The van der Waals surface area contributed by atoms with Crippen molar-refractivity contribution in [3.63, 3.8) is 0 Å². The van der Waals surface area contributed by atoms with Crippen molar-refractivity contribution in [3.8, 4) is 64.5 Å². The van der Waals surface area contributed by atoms with Crippen LogP contribution < -0.4 is 0 Å². The standard InChI is InChI=1S/C36H22N6S2/c1-2-10-26-25(9-1)27(31-21-41-35(43-31)29-11-5-17-39-33(29)23-7-3-15-37-19-23)13-14-28(26)32-22-42-36(44-32)30-12-6-18-40-34(30)24-8-4-16-38-20-24/h1-22H. The SMILES string of the molecule is c1cncc(-c2ncccc2-c2ncc(-c3ccc(-c4cnc(-c5cccnc5-c5cccnc5)s4)c4ccccc34)s2)c1. The lowest BCUT2D eigenvalue weighted by Crippen LogP contribution is -1.88. The highest BCUT2D eigenvalue weighted by Crippen LogP contribution is 2.43. The third kappa shape index (κ3) is 4.76. The fourth-order valence-electron chi connectivity index (χ4n) is 5.40. The summed E-state index contributed by atoms with van der Waals surface area (Å²) in [6.45, 7) is 0. The Labute approximate surface area is 261 Å². The third-order valence-corrected chi connectivity index (χ3v) is 9.54. The van der Waals surface area contributed by atoms with Crippen LogP contribution in [0.2, 0.25) is 0 Å². The van der Waals surface area contributed by atoms with Crippen molar-refractivity contribution in [2.75, 3.05) is 0 Å². The molecule has 0 aliphatic rings. The largest absolute Gasteiger partial charge is 0.264 e. The molecule has 0 atom stereocenters. The van der Waals surface area contributed by atoms with Crippen LogP contribution in [0.15, 0.2) is 135 Å². The van der Waals surface area contributed by atoms with Gasteiger partial charge in [0.2, 0.25) is 0 Å². The van der Waals surface area contributed by atoms with E-state index >= 15 is 0 Å². The van der Waals surface area contributed by atoms with Crippen molar-refractivity contribution in [1.82, 2.24) is 29.9 Å². The second-order valence-electron chi connectivity index (χ2n) is 10.0. The first-order chi connectivity index (χ1) is 21.8. The molecule has 0 amide bonds. The second kappa shape index (κ2) is 11.3. The molecule has 44 heavy (non-hydrogen) atoms. The Morgan fingerprint density at radius 2 is 0.864 bits per heavy atom. The molecule has 0 spiro atoms. The summed E-state index contributed by atoms with van der Waals surface area (Å²) < 4.78 is 0. The number of thiazole rings is 2. The average molecular weight is 603 g/mol. The van der Waals surface area contributed by atoms with Gasteiger partial charge in [0.05, 0.1) is 21.1 Å². The Bertz CT molecular complexity index is 2080. The minimum Gasteiger partial charge on any atom is -0.264 e. The first-order valence-electron chi connectivity index (χ1n) is 14.0. The van der Waals surface area contributed by atoms with Gasteiger partial charge in [-0.1, -0.05) is 36.4 Å². The van der Waals surface area contributed by atoms with E-state index in [0.29, 0.717) is 0 Å². The summed E-state index contributed by atoms with van der Waals surface area (Å²) in [5, 5.41) is 4.19. The van der Waals surface area contributed by atoms with Gasteiger partial charge in [-0.2, -0.15) is 0 Å². The highest BCUT2D eigenvalue weighted by atomic mass is 32.1. The molecule has 0 radical (unpaired) electrons. The molecule has 0 fully saturated rings. The number of fused-ring (bicyclic) bond motifs is 1. The zero-order chi connectivity index (χ0) is 29.3. The predicted molar refractivity (Wildman–Crippen MR) is 179 cm³/mol. The molecular weight excluding hydrogens is 581 g/mol. The van der Waals surface area contributed by atoms with Crippen molar-refractivity contribution < 1.29 is 0 Å². The maximum atomic E-state index is 4.85. The Morgan fingerprint density at radius 3 is 1.32 bits per heavy atom. The number of aromatic nitrogens is 6. The summed E-state index contributed by atoms with van der Waals surface area (Å²) in [6.07, 6.45) is 14.8. The van der Waals surface area contributed by atoms with Crippen LogP contribution in [0.4, 0.5) is 0 Å². The zero-order valence-electron chi connectivity index (χ0n) is 23.2. The summed E-state index contributed by atoms with van der Waals surface area (Å²) in [5.74, 6) is 0. The van der Waals surface area contributed by atoms with Crippen LogP contribution >= 0.6 is 22.7 Å². The van der Waals surface area contributed by atoms with Crippen LogP contribution in [0, 0.1) is 0 Å². The van der Waals surface area contributed by atoms with Gasteiger partial charge in [0.25, 0.3) is 0 Å². The van der Waals surface area contributed by atoms with Gasteiger partial charge in [0.15, 0.2) is 0 Å². The minimum absolute atomic E-state index is 0.878. The normalized spacial score (nSPS) is 11.2. The van der Waals surface area contributed by atoms with E-state index in [2.05, 4.69) is 68.5 Å². The van der Waals surface area contributed by atoms with Gasteiger partial charge in [-0.25, -0.2) is 9.97 Å². The topological polar surface area (TPSA) is 77.3 Å². The molecule has 8 aromatic rings. The van der Waals surface area contributed by atoms with Gasteiger partial charge in [-0.05, 0) is 59.3 Å². The van der Waals surface area contributed by atoms with Crippen molar-refractivity contribution in [2.45, 2.75) is 0 Å². The molecule has 6 heterocycles. The molecule has 0 N–H and O–H groups in total. The van der Waals surface area contributed by atoms with Crippen LogP contribution in [0.1, 0.15) is 0 Å². The molecule has 0 saturated heterocycles. The number of benzene rings is 2. The predicted octanol–water partition coefficient (Wildman–Crippen LogP) is 9.33. The molecule has 0 bridgehead atoms. The fraction of sp³-hybridized carbons (Fsp3) is 0. The Balaban J connectivity index is 1.18. The number of rotatable bonds is 6. The monoisotopic (exact) mass is 602 g/mol. The van der Waals surface area contributed by atoms with Crippen molar-refractivity contribution in [3.05, 3.63) is 135 Å². The molecule has 0 aliphatic heterocycles. The van der Waals surface area contributed by atoms with Crippen LogP contribution in [0.3, 0.4) is 0 Å². The Kier molecular flexibility index (Phi) is 6.75. The molecule has 8 rings (SSSR count). The first-order valence-corrected chi connectivity index (χ1v) is 15.6. The average Bonchev–Trinajstić information content (AvgIpc) is 3.80. The molecule has 208 valence electrons. The van der Waals surface area contributed by atoms with Crippen LogP contribution in [0.5, 0.6) is 0 Å². The summed E-state index contributed by atoms with van der Waals surface area (Å²) >= 11 is 3.34. The Morgan fingerprint density at radius 1 is 0.386 bits per heavy atom. The third-order valence-electron chi connectivity index (χ3n) is 7.41. The number of nitrogens with zero attached hydrogens (tertiary/aromatic N) is 6. The molecule has 2 aromatic carbocycles. The molecule has 6 nitrogen and oxygen atoms in total. The van der Waals surface area contributed by atoms with E-state index in [1.54, 1.807) is 35.1 Å². The maximum absolute atomic E-state index is 4.85. The molecule has 0 unspecified atom stereocenters. The molecular formula is C36H22N6S2. The van der Waals surface area contributed by atoms with Crippen LogP contribution in [-0.2, 0) is 0 Å². The molecule has 6 aromatic heterocycles. The summed E-state index contributed by atoms with van der Waals surface area (Å²) in [5.41, 5.74) is 7.99. The van der Waals surface area contributed by atoms with Crippen molar-refractivity contribution in [1.29, 1.82) is 0 Å². The lowest BCUT2D eigenvalue weighted by molar-refractivity contribution is 1.27. The first kappa shape index (κ1) is 26.2. The Hall–Kier alpha value is -5.44. The lowest BCUT2D eigenvalue weighted by Gasteiger charge is -2.09.